The minimum atomic E-state index is -0.616. The van der Waals surface area contributed by atoms with Crippen LogP contribution in [0.25, 0.3) is 6.08 Å². The summed E-state index contributed by atoms with van der Waals surface area (Å²) < 4.78 is 21.9. The first-order valence-electron chi connectivity index (χ1n) is 10.3. The standard InChI is InChI=1S/C25H19NO7S2/c1-30-21-11-17(12-22-24(29)26(25(34)35-22)13-19-3-2-10-31-19)6-9-20(21)32-15-23(28)33-18-7-4-16(14-27)5-8-18/h2-12,14H,13,15H2,1H3/b22-12-. The van der Waals surface area contributed by atoms with E-state index in [4.69, 9.17) is 30.8 Å². The first-order valence-corrected chi connectivity index (χ1v) is 11.5. The monoisotopic (exact) mass is 509 g/mol. The molecule has 178 valence electrons. The van der Waals surface area contributed by atoms with Crippen LogP contribution in [0.15, 0.2) is 70.2 Å². The molecular formula is C25H19NO7S2. The number of rotatable bonds is 9. The van der Waals surface area contributed by atoms with Crippen molar-refractivity contribution in [3.63, 3.8) is 0 Å². The van der Waals surface area contributed by atoms with E-state index in [-0.39, 0.29) is 19.1 Å². The number of carbonyl (C=O) groups is 3. The van der Waals surface area contributed by atoms with Gasteiger partial charge in [0, 0.05) is 5.56 Å². The van der Waals surface area contributed by atoms with Crippen molar-refractivity contribution in [2.45, 2.75) is 6.54 Å². The maximum Gasteiger partial charge on any atom is 0.349 e. The predicted octanol–water partition coefficient (Wildman–Crippen LogP) is 4.49. The van der Waals surface area contributed by atoms with Crippen LogP contribution in [0.3, 0.4) is 0 Å². The molecule has 0 bridgehead atoms. The van der Waals surface area contributed by atoms with Gasteiger partial charge in [-0.25, -0.2) is 4.79 Å². The quantitative estimate of drug-likeness (QED) is 0.136. The van der Waals surface area contributed by atoms with Gasteiger partial charge < -0.3 is 18.6 Å². The van der Waals surface area contributed by atoms with Gasteiger partial charge in [0.25, 0.3) is 5.91 Å². The summed E-state index contributed by atoms with van der Waals surface area (Å²) >= 11 is 6.56. The molecule has 2 aromatic carbocycles. The Hall–Kier alpha value is -3.89. The van der Waals surface area contributed by atoms with Gasteiger partial charge in [-0.05, 0) is 60.2 Å². The van der Waals surface area contributed by atoms with Crippen molar-refractivity contribution < 1.29 is 33.0 Å². The topological polar surface area (TPSA) is 95.3 Å². The zero-order chi connectivity index (χ0) is 24.8. The second kappa shape index (κ2) is 11.0. The SMILES string of the molecule is COc1cc(/C=C2\SC(=S)N(Cc3ccco3)C2=O)ccc1OCC(=O)Oc1ccc(C=O)cc1. The van der Waals surface area contributed by atoms with Gasteiger partial charge in [-0.1, -0.05) is 30.0 Å². The molecule has 0 spiro atoms. The fourth-order valence-electron chi connectivity index (χ4n) is 3.15. The lowest BCUT2D eigenvalue weighted by Crippen LogP contribution is -2.27. The molecule has 1 aromatic heterocycles. The maximum absolute atomic E-state index is 12.8. The zero-order valence-corrected chi connectivity index (χ0v) is 20.1. The average molecular weight is 510 g/mol. The molecule has 0 aliphatic carbocycles. The lowest BCUT2D eigenvalue weighted by atomic mass is 10.2. The Bertz CT molecular complexity index is 1280. The highest BCUT2D eigenvalue weighted by Gasteiger charge is 2.32. The molecule has 1 aliphatic heterocycles. The number of thioether (sulfide) groups is 1. The second-order valence-corrected chi connectivity index (χ2v) is 8.88. The normalized spacial score (nSPS) is 14.3. The number of hydrogen-bond donors (Lipinski definition) is 0. The van der Waals surface area contributed by atoms with E-state index in [0.717, 1.165) is 0 Å². The number of thiocarbonyl (C=S) groups is 1. The molecule has 35 heavy (non-hydrogen) atoms. The molecule has 0 radical (unpaired) electrons. The minimum Gasteiger partial charge on any atom is -0.493 e. The van der Waals surface area contributed by atoms with Crippen LogP contribution in [-0.2, 0) is 16.1 Å². The summed E-state index contributed by atoms with van der Waals surface area (Å²) in [6.45, 7) is -0.0843. The van der Waals surface area contributed by atoms with Crippen LogP contribution in [0.2, 0.25) is 0 Å². The summed E-state index contributed by atoms with van der Waals surface area (Å²) in [4.78, 5) is 37.6. The highest BCUT2D eigenvalue weighted by atomic mass is 32.2. The molecule has 0 atom stereocenters. The molecule has 1 aliphatic rings. The van der Waals surface area contributed by atoms with Crippen LogP contribution in [-0.4, -0.2) is 41.1 Å². The first-order chi connectivity index (χ1) is 17.0. The van der Waals surface area contributed by atoms with E-state index in [9.17, 15) is 14.4 Å². The van der Waals surface area contributed by atoms with Gasteiger partial charge in [0.2, 0.25) is 0 Å². The van der Waals surface area contributed by atoms with Crippen molar-refractivity contribution in [2.75, 3.05) is 13.7 Å². The molecule has 8 nitrogen and oxygen atoms in total. The number of nitrogens with zero attached hydrogens (tertiary/aromatic N) is 1. The molecule has 4 rings (SSSR count). The third-order valence-corrected chi connectivity index (χ3v) is 6.22. The van der Waals surface area contributed by atoms with Gasteiger partial charge in [0.1, 0.15) is 22.1 Å². The summed E-state index contributed by atoms with van der Waals surface area (Å²) in [5, 5.41) is 0. The third kappa shape index (κ3) is 5.97. The Balaban J connectivity index is 1.40. The van der Waals surface area contributed by atoms with Gasteiger partial charge in [-0.3, -0.25) is 14.5 Å². The number of furan rings is 1. The van der Waals surface area contributed by atoms with E-state index in [0.29, 0.717) is 49.6 Å². The Morgan fingerprint density at radius 1 is 1.11 bits per heavy atom. The van der Waals surface area contributed by atoms with Crippen LogP contribution in [0.1, 0.15) is 21.7 Å². The number of benzene rings is 2. The fraction of sp³-hybridized carbons (Fsp3) is 0.120. The van der Waals surface area contributed by atoms with Crippen molar-refractivity contribution in [1.29, 1.82) is 0 Å². The van der Waals surface area contributed by atoms with Gasteiger partial charge in [0.05, 0.1) is 24.8 Å². The number of hydrogen-bond acceptors (Lipinski definition) is 9. The second-order valence-electron chi connectivity index (χ2n) is 7.21. The van der Waals surface area contributed by atoms with Crippen LogP contribution in [0.5, 0.6) is 17.2 Å². The Kier molecular flexibility index (Phi) is 7.64. The van der Waals surface area contributed by atoms with E-state index in [1.807, 2.05) is 0 Å². The van der Waals surface area contributed by atoms with Gasteiger partial charge in [-0.15, -0.1) is 0 Å². The smallest absolute Gasteiger partial charge is 0.349 e. The number of esters is 1. The van der Waals surface area contributed by atoms with E-state index >= 15 is 0 Å². The number of amides is 1. The molecule has 1 fully saturated rings. The number of methoxy groups -OCH3 is 1. The van der Waals surface area contributed by atoms with Gasteiger partial charge >= 0.3 is 5.97 Å². The first kappa shape index (κ1) is 24.2. The van der Waals surface area contributed by atoms with E-state index < -0.39 is 5.97 Å². The highest BCUT2D eigenvalue weighted by molar-refractivity contribution is 8.26. The average Bonchev–Trinajstić information content (AvgIpc) is 3.47. The van der Waals surface area contributed by atoms with Crippen LogP contribution < -0.4 is 14.2 Å². The minimum absolute atomic E-state index is 0.209. The predicted molar refractivity (Wildman–Crippen MR) is 133 cm³/mol. The molecule has 0 saturated carbocycles. The Labute approximate surface area is 210 Å². The third-order valence-electron chi connectivity index (χ3n) is 4.85. The van der Waals surface area contributed by atoms with Crippen molar-refractivity contribution >= 4 is 52.5 Å². The number of ether oxygens (including phenoxy) is 3. The zero-order valence-electron chi connectivity index (χ0n) is 18.5. The molecule has 0 unspecified atom stereocenters. The Morgan fingerprint density at radius 3 is 2.57 bits per heavy atom. The summed E-state index contributed by atoms with van der Waals surface area (Å²) in [5.41, 5.74) is 1.18. The lowest BCUT2D eigenvalue weighted by Gasteiger charge is -2.12. The number of carbonyl (C=O) groups excluding carboxylic acids is 3. The molecule has 0 N–H and O–H groups in total. The molecule has 3 aromatic rings. The highest BCUT2D eigenvalue weighted by Crippen LogP contribution is 2.35. The lowest BCUT2D eigenvalue weighted by molar-refractivity contribution is -0.136. The van der Waals surface area contributed by atoms with Crippen molar-refractivity contribution in [1.82, 2.24) is 4.90 Å². The fourth-order valence-corrected chi connectivity index (χ4v) is 4.41. The molecule has 1 amide bonds. The van der Waals surface area contributed by atoms with Crippen molar-refractivity contribution in [3.05, 3.63) is 82.7 Å². The van der Waals surface area contributed by atoms with Crippen LogP contribution in [0.4, 0.5) is 0 Å². The van der Waals surface area contributed by atoms with Gasteiger partial charge in [0.15, 0.2) is 18.1 Å². The van der Waals surface area contributed by atoms with E-state index in [1.165, 1.54) is 35.9 Å². The summed E-state index contributed by atoms with van der Waals surface area (Å²) in [7, 11) is 1.47. The van der Waals surface area contributed by atoms with Crippen LogP contribution in [0, 0.1) is 0 Å². The largest absolute Gasteiger partial charge is 0.493 e. The van der Waals surface area contributed by atoms with Crippen molar-refractivity contribution in [3.8, 4) is 17.2 Å². The summed E-state index contributed by atoms with van der Waals surface area (Å²) in [6, 6.07) is 14.7. The van der Waals surface area contributed by atoms with Gasteiger partial charge in [-0.2, -0.15) is 0 Å². The number of aldehydes is 1. The molecular weight excluding hydrogens is 490 g/mol. The molecule has 10 heteroatoms. The van der Waals surface area contributed by atoms with E-state index in [1.54, 1.807) is 54.8 Å². The Morgan fingerprint density at radius 2 is 1.89 bits per heavy atom. The molecule has 2 heterocycles. The van der Waals surface area contributed by atoms with Crippen LogP contribution >= 0.6 is 24.0 Å². The maximum atomic E-state index is 12.8. The summed E-state index contributed by atoms with van der Waals surface area (Å²) in [5.74, 6) is 0.837. The van der Waals surface area contributed by atoms with Crippen molar-refractivity contribution in [2.24, 2.45) is 0 Å². The van der Waals surface area contributed by atoms with E-state index in [2.05, 4.69) is 0 Å². The molecule has 1 saturated heterocycles. The summed E-state index contributed by atoms with van der Waals surface area (Å²) in [6.07, 6.45) is 3.96.